The van der Waals surface area contributed by atoms with E-state index in [2.05, 4.69) is 17.2 Å². The minimum atomic E-state index is -0.209. The second kappa shape index (κ2) is 7.29. The monoisotopic (exact) mass is 329 g/mol. The SMILES string of the molecule is C=CC(=O)N(C)c1ccc(C(=O)NCC2(C)CCC(=O)NC2)cc1. The Morgan fingerprint density at radius 3 is 2.58 bits per heavy atom. The number of likely N-dealkylation sites (N-methyl/N-ethyl adjacent to an activating group) is 1. The van der Waals surface area contributed by atoms with Crippen LogP contribution in [0.1, 0.15) is 30.1 Å². The Kier molecular flexibility index (Phi) is 5.39. The largest absolute Gasteiger partial charge is 0.355 e. The molecule has 2 N–H and O–H groups in total. The Morgan fingerprint density at radius 1 is 1.38 bits per heavy atom. The highest BCUT2D eigenvalue weighted by atomic mass is 16.2. The molecule has 1 aliphatic heterocycles. The van der Waals surface area contributed by atoms with Crippen molar-refractivity contribution in [2.24, 2.45) is 5.41 Å². The van der Waals surface area contributed by atoms with E-state index in [-0.39, 0.29) is 23.1 Å². The molecular weight excluding hydrogens is 306 g/mol. The molecule has 2 rings (SSSR count). The molecular formula is C18H23N3O3. The number of piperidine rings is 1. The first-order valence-electron chi connectivity index (χ1n) is 7.90. The Morgan fingerprint density at radius 2 is 2.04 bits per heavy atom. The zero-order chi connectivity index (χ0) is 17.7. The second-order valence-corrected chi connectivity index (χ2v) is 6.42. The number of carbonyl (C=O) groups excluding carboxylic acids is 3. The van der Waals surface area contributed by atoms with Gasteiger partial charge in [-0.1, -0.05) is 13.5 Å². The Bertz CT molecular complexity index is 642. The predicted octanol–water partition coefficient (Wildman–Crippen LogP) is 1.48. The summed E-state index contributed by atoms with van der Waals surface area (Å²) in [5.41, 5.74) is 1.10. The molecule has 0 aliphatic carbocycles. The molecule has 1 unspecified atom stereocenters. The van der Waals surface area contributed by atoms with Gasteiger partial charge in [-0.25, -0.2) is 0 Å². The summed E-state index contributed by atoms with van der Waals surface area (Å²) in [6, 6.07) is 6.81. The molecule has 1 aliphatic rings. The van der Waals surface area contributed by atoms with E-state index in [1.807, 2.05) is 6.92 Å². The van der Waals surface area contributed by atoms with Crippen molar-refractivity contribution in [3.63, 3.8) is 0 Å². The zero-order valence-corrected chi connectivity index (χ0v) is 14.1. The van der Waals surface area contributed by atoms with Crippen LogP contribution in [-0.2, 0) is 9.59 Å². The maximum Gasteiger partial charge on any atom is 0.251 e. The lowest BCUT2D eigenvalue weighted by Gasteiger charge is -2.33. The molecule has 3 amide bonds. The first-order chi connectivity index (χ1) is 11.3. The van der Waals surface area contributed by atoms with Crippen LogP contribution in [0, 0.1) is 5.41 Å². The smallest absolute Gasteiger partial charge is 0.251 e. The summed E-state index contributed by atoms with van der Waals surface area (Å²) in [6.45, 7) is 6.57. The van der Waals surface area contributed by atoms with Gasteiger partial charge < -0.3 is 15.5 Å². The Balaban J connectivity index is 1.94. The van der Waals surface area contributed by atoms with Gasteiger partial charge in [0.05, 0.1) is 0 Å². The molecule has 0 spiro atoms. The molecule has 1 atom stereocenters. The van der Waals surface area contributed by atoms with Crippen LogP contribution in [0.4, 0.5) is 5.69 Å². The van der Waals surface area contributed by atoms with Crippen LogP contribution < -0.4 is 15.5 Å². The lowest BCUT2D eigenvalue weighted by Crippen LogP contribution is -2.47. The maximum absolute atomic E-state index is 12.3. The summed E-state index contributed by atoms with van der Waals surface area (Å²) in [5, 5.41) is 5.76. The van der Waals surface area contributed by atoms with E-state index < -0.39 is 0 Å². The van der Waals surface area contributed by atoms with Crippen molar-refractivity contribution in [1.82, 2.24) is 10.6 Å². The molecule has 0 radical (unpaired) electrons. The molecule has 6 nitrogen and oxygen atoms in total. The minimum Gasteiger partial charge on any atom is -0.355 e. The van der Waals surface area contributed by atoms with Crippen molar-refractivity contribution in [3.05, 3.63) is 42.5 Å². The summed E-state index contributed by atoms with van der Waals surface area (Å²) < 4.78 is 0. The van der Waals surface area contributed by atoms with Crippen LogP contribution in [0.25, 0.3) is 0 Å². The molecule has 1 saturated heterocycles. The van der Waals surface area contributed by atoms with Crippen molar-refractivity contribution in [2.45, 2.75) is 19.8 Å². The summed E-state index contributed by atoms with van der Waals surface area (Å²) in [5.74, 6) is -0.315. The van der Waals surface area contributed by atoms with Crippen LogP contribution in [0.2, 0.25) is 0 Å². The van der Waals surface area contributed by atoms with Gasteiger partial charge in [-0.15, -0.1) is 0 Å². The molecule has 24 heavy (non-hydrogen) atoms. The van der Waals surface area contributed by atoms with E-state index >= 15 is 0 Å². The quantitative estimate of drug-likeness (QED) is 0.803. The second-order valence-electron chi connectivity index (χ2n) is 6.42. The third-order valence-corrected chi connectivity index (χ3v) is 4.37. The van der Waals surface area contributed by atoms with E-state index in [1.54, 1.807) is 31.3 Å². The van der Waals surface area contributed by atoms with Crippen molar-refractivity contribution < 1.29 is 14.4 Å². The van der Waals surface area contributed by atoms with Gasteiger partial charge in [0.1, 0.15) is 0 Å². The Labute approximate surface area is 141 Å². The topological polar surface area (TPSA) is 78.5 Å². The molecule has 0 aromatic heterocycles. The highest BCUT2D eigenvalue weighted by Gasteiger charge is 2.30. The van der Waals surface area contributed by atoms with Gasteiger partial charge in [-0.05, 0) is 36.8 Å². The average Bonchev–Trinajstić information content (AvgIpc) is 2.61. The van der Waals surface area contributed by atoms with Crippen molar-refractivity contribution in [1.29, 1.82) is 0 Å². The number of nitrogens with zero attached hydrogens (tertiary/aromatic N) is 1. The molecule has 1 aromatic rings. The van der Waals surface area contributed by atoms with E-state index in [9.17, 15) is 14.4 Å². The number of benzene rings is 1. The van der Waals surface area contributed by atoms with E-state index in [0.29, 0.717) is 30.8 Å². The maximum atomic E-state index is 12.3. The fourth-order valence-corrected chi connectivity index (χ4v) is 2.55. The van der Waals surface area contributed by atoms with Gasteiger partial charge in [0.15, 0.2) is 0 Å². The first kappa shape index (κ1) is 17.7. The summed E-state index contributed by atoms with van der Waals surface area (Å²) >= 11 is 0. The van der Waals surface area contributed by atoms with Crippen molar-refractivity contribution in [3.8, 4) is 0 Å². The molecule has 128 valence electrons. The van der Waals surface area contributed by atoms with Gasteiger partial charge in [0.25, 0.3) is 5.91 Å². The number of anilines is 1. The molecule has 6 heteroatoms. The van der Waals surface area contributed by atoms with Crippen LogP contribution in [-0.4, -0.2) is 37.9 Å². The third-order valence-electron chi connectivity index (χ3n) is 4.37. The van der Waals surface area contributed by atoms with Crippen LogP contribution in [0.5, 0.6) is 0 Å². The van der Waals surface area contributed by atoms with Crippen LogP contribution >= 0.6 is 0 Å². The molecule has 0 bridgehead atoms. The molecule has 0 saturated carbocycles. The van der Waals surface area contributed by atoms with Gasteiger partial charge in [-0.3, -0.25) is 14.4 Å². The number of hydrogen-bond acceptors (Lipinski definition) is 3. The lowest BCUT2D eigenvalue weighted by molar-refractivity contribution is -0.124. The number of hydrogen-bond donors (Lipinski definition) is 2. The van der Waals surface area contributed by atoms with Gasteiger partial charge >= 0.3 is 0 Å². The minimum absolute atomic E-state index is 0.0626. The number of rotatable bonds is 5. The molecule has 1 fully saturated rings. The fourth-order valence-electron chi connectivity index (χ4n) is 2.55. The van der Waals surface area contributed by atoms with Gasteiger partial charge in [0, 0.05) is 43.2 Å². The molecule has 1 heterocycles. The standard InChI is InChI=1S/C18H23N3O3/c1-4-16(23)21(3)14-7-5-13(6-8-14)17(24)20-12-18(2)10-9-15(22)19-11-18/h4-8H,1,9-12H2,2-3H3,(H,19,22)(H,20,24). The van der Waals surface area contributed by atoms with Crippen LogP contribution in [0.15, 0.2) is 36.9 Å². The van der Waals surface area contributed by atoms with Gasteiger partial charge in [0.2, 0.25) is 11.8 Å². The van der Waals surface area contributed by atoms with E-state index in [4.69, 9.17) is 0 Å². The number of carbonyl (C=O) groups is 3. The highest BCUT2D eigenvalue weighted by molar-refractivity contribution is 6.01. The lowest BCUT2D eigenvalue weighted by atomic mass is 9.82. The first-order valence-corrected chi connectivity index (χ1v) is 7.90. The van der Waals surface area contributed by atoms with Crippen molar-refractivity contribution >= 4 is 23.4 Å². The highest BCUT2D eigenvalue weighted by Crippen LogP contribution is 2.25. The molecule has 1 aromatic carbocycles. The van der Waals surface area contributed by atoms with E-state index in [0.717, 1.165) is 6.42 Å². The number of amides is 3. The van der Waals surface area contributed by atoms with Crippen molar-refractivity contribution in [2.75, 3.05) is 25.0 Å². The Hall–Kier alpha value is -2.63. The summed E-state index contributed by atoms with van der Waals surface area (Å²) in [4.78, 5) is 36.5. The van der Waals surface area contributed by atoms with Crippen LogP contribution in [0.3, 0.4) is 0 Å². The summed E-state index contributed by atoms with van der Waals surface area (Å²) in [7, 11) is 1.65. The fraction of sp³-hybridized carbons (Fsp3) is 0.389. The summed E-state index contributed by atoms with van der Waals surface area (Å²) in [6.07, 6.45) is 2.49. The normalized spacial score (nSPS) is 20.0. The van der Waals surface area contributed by atoms with E-state index in [1.165, 1.54) is 11.0 Å². The average molecular weight is 329 g/mol. The third kappa shape index (κ3) is 4.22. The number of nitrogens with one attached hydrogen (secondary N) is 2. The predicted molar refractivity (Wildman–Crippen MR) is 92.7 cm³/mol. The zero-order valence-electron chi connectivity index (χ0n) is 14.1. The van der Waals surface area contributed by atoms with Gasteiger partial charge in [-0.2, -0.15) is 0 Å².